The molecule has 2 N–H and O–H groups in total. The molecule has 2 heteroatoms. The normalized spacial score (nSPS) is 36.2. The van der Waals surface area contributed by atoms with E-state index in [-0.39, 0.29) is 6.10 Å². The summed E-state index contributed by atoms with van der Waals surface area (Å²) in [6, 6.07) is 0.590. The van der Waals surface area contributed by atoms with E-state index in [2.05, 4.69) is 5.32 Å². The van der Waals surface area contributed by atoms with Crippen molar-refractivity contribution in [2.75, 3.05) is 6.54 Å². The van der Waals surface area contributed by atoms with Gasteiger partial charge in [0.15, 0.2) is 0 Å². The molecule has 19 heavy (non-hydrogen) atoms. The van der Waals surface area contributed by atoms with Crippen LogP contribution < -0.4 is 5.32 Å². The number of nitrogens with one attached hydrogen (secondary N) is 1. The molecule has 0 spiro atoms. The van der Waals surface area contributed by atoms with Gasteiger partial charge in [-0.05, 0) is 32.2 Å². The first-order chi connectivity index (χ1) is 9.38. The van der Waals surface area contributed by atoms with Crippen LogP contribution in [0.15, 0.2) is 0 Å². The number of hydrogen-bond donors (Lipinski definition) is 2. The number of rotatable bonds is 1. The van der Waals surface area contributed by atoms with Crippen molar-refractivity contribution < 1.29 is 5.11 Å². The van der Waals surface area contributed by atoms with Crippen molar-refractivity contribution in [1.29, 1.82) is 0 Å². The Labute approximate surface area is 119 Å². The van der Waals surface area contributed by atoms with Crippen LogP contribution in [0.3, 0.4) is 0 Å². The monoisotopic (exact) mass is 267 g/mol. The molecule has 3 unspecified atom stereocenters. The summed E-state index contributed by atoms with van der Waals surface area (Å²) in [4.78, 5) is 0. The average Bonchev–Trinajstić information content (AvgIpc) is 2.44. The smallest absolute Gasteiger partial charge is 0.0583 e. The van der Waals surface area contributed by atoms with E-state index in [0.717, 1.165) is 13.0 Å². The highest BCUT2D eigenvalue weighted by Gasteiger charge is 2.28. The molecule has 1 aliphatic carbocycles. The largest absolute Gasteiger partial charge is 0.393 e. The van der Waals surface area contributed by atoms with Gasteiger partial charge in [0, 0.05) is 12.0 Å². The summed E-state index contributed by atoms with van der Waals surface area (Å²) in [5.74, 6) is 0.514. The Kier molecular flexibility index (Phi) is 7.23. The molecular weight excluding hydrogens is 234 g/mol. The van der Waals surface area contributed by atoms with Crippen LogP contribution in [0.5, 0.6) is 0 Å². The van der Waals surface area contributed by atoms with Crippen LogP contribution in [0.4, 0.5) is 0 Å². The Hall–Kier alpha value is -0.0800. The minimum atomic E-state index is -0.0602. The summed E-state index contributed by atoms with van der Waals surface area (Å²) in [5.41, 5.74) is 0. The van der Waals surface area contributed by atoms with Gasteiger partial charge >= 0.3 is 0 Å². The first-order valence-electron chi connectivity index (χ1n) is 8.79. The molecule has 0 radical (unpaired) electrons. The molecule has 1 aliphatic heterocycles. The Morgan fingerprint density at radius 2 is 1.21 bits per heavy atom. The SMILES string of the molecule is OC1CCCCCCCCCCC1C1CCCCN1. The van der Waals surface area contributed by atoms with Crippen LogP contribution in [0.2, 0.25) is 0 Å². The summed E-state index contributed by atoms with van der Waals surface area (Å²) in [5, 5.41) is 14.2. The fourth-order valence-corrected chi connectivity index (χ4v) is 3.91. The minimum Gasteiger partial charge on any atom is -0.393 e. The molecule has 0 bridgehead atoms. The zero-order valence-corrected chi connectivity index (χ0v) is 12.6. The second kappa shape index (κ2) is 8.97. The molecule has 1 saturated carbocycles. The predicted octanol–water partition coefficient (Wildman–Crippen LogP) is 4.02. The van der Waals surface area contributed by atoms with Gasteiger partial charge in [0.1, 0.15) is 0 Å². The van der Waals surface area contributed by atoms with Gasteiger partial charge < -0.3 is 10.4 Å². The van der Waals surface area contributed by atoms with Crippen molar-refractivity contribution >= 4 is 0 Å². The van der Waals surface area contributed by atoms with Gasteiger partial charge in [0.25, 0.3) is 0 Å². The lowest BCUT2D eigenvalue weighted by molar-refractivity contribution is 0.0599. The van der Waals surface area contributed by atoms with E-state index >= 15 is 0 Å². The van der Waals surface area contributed by atoms with Gasteiger partial charge in [0.2, 0.25) is 0 Å². The number of hydrogen-bond acceptors (Lipinski definition) is 2. The second-order valence-electron chi connectivity index (χ2n) is 6.69. The molecule has 0 aromatic carbocycles. The highest BCUT2D eigenvalue weighted by Crippen LogP contribution is 2.27. The first kappa shape index (κ1) is 15.3. The molecule has 2 aliphatic rings. The van der Waals surface area contributed by atoms with Crippen LogP contribution >= 0.6 is 0 Å². The Bertz CT molecular complexity index is 225. The van der Waals surface area contributed by atoms with E-state index in [0.29, 0.717) is 12.0 Å². The highest BCUT2D eigenvalue weighted by atomic mass is 16.3. The average molecular weight is 267 g/mol. The van der Waals surface area contributed by atoms with Crippen LogP contribution in [0, 0.1) is 5.92 Å². The van der Waals surface area contributed by atoms with Gasteiger partial charge in [-0.2, -0.15) is 0 Å². The third kappa shape index (κ3) is 5.43. The van der Waals surface area contributed by atoms with Crippen LogP contribution in [-0.4, -0.2) is 23.8 Å². The molecule has 2 rings (SSSR count). The topological polar surface area (TPSA) is 32.3 Å². The quantitative estimate of drug-likeness (QED) is 0.752. The van der Waals surface area contributed by atoms with Crippen LogP contribution in [0.25, 0.3) is 0 Å². The van der Waals surface area contributed by atoms with Gasteiger partial charge in [0.05, 0.1) is 6.10 Å². The molecule has 0 amide bonds. The molecule has 1 heterocycles. The van der Waals surface area contributed by atoms with E-state index in [9.17, 15) is 5.11 Å². The van der Waals surface area contributed by atoms with E-state index < -0.39 is 0 Å². The molecule has 0 aromatic heterocycles. The fraction of sp³-hybridized carbons (Fsp3) is 1.00. The van der Waals surface area contributed by atoms with Crippen molar-refractivity contribution in [2.45, 2.75) is 95.6 Å². The van der Waals surface area contributed by atoms with E-state index in [1.165, 1.54) is 77.0 Å². The summed E-state index contributed by atoms with van der Waals surface area (Å²) in [6.45, 7) is 1.16. The van der Waals surface area contributed by atoms with Crippen LogP contribution in [-0.2, 0) is 0 Å². The van der Waals surface area contributed by atoms with Crippen LogP contribution in [0.1, 0.15) is 83.5 Å². The molecule has 1 saturated heterocycles. The summed E-state index contributed by atoms with van der Waals surface area (Å²) in [7, 11) is 0. The van der Waals surface area contributed by atoms with Crippen molar-refractivity contribution in [3.8, 4) is 0 Å². The lowest BCUT2D eigenvalue weighted by atomic mass is 9.82. The Balaban J connectivity index is 1.86. The third-order valence-corrected chi connectivity index (χ3v) is 5.15. The maximum atomic E-state index is 10.6. The maximum absolute atomic E-state index is 10.6. The molecule has 0 aromatic rings. The molecular formula is C17H33NO. The van der Waals surface area contributed by atoms with Crippen molar-refractivity contribution in [3.05, 3.63) is 0 Å². The van der Waals surface area contributed by atoms with Crippen molar-refractivity contribution in [2.24, 2.45) is 5.92 Å². The second-order valence-corrected chi connectivity index (χ2v) is 6.69. The fourth-order valence-electron chi connectivity index (χ4n) is 3.91. The summed E-state index contributed by atoms with van der Waals surface area (Å²) < 4.78 is 0. The standard InChI is InChI=1S/C17H33NO/c19-17-13-8-6-4-2-1-3-5-7-11-15(17)16-12-9-10-14-18-16/h15-19H,1-14H2. The molecule has 2 fully saturated rings. The van der Waals surface area contributed by atoms with Crippen molar-refractivity contribution in [1.82, 2.24) is 5.32 Å². The van der Waals surface area contributed by atoms with Gasteiger partial charge in [-0.25, -0.2) is 0 Å². The van der Waals surface area contributed by atoms with E-state index in [4.69, 9.17) is 0 Å². The van der Waals surface area contributed by atoms with E-state index in [1.54, 1.807) is 0 Å². The number of aliphatic hydroxyl groups excluding tert-OH is 1. The lowest BCUT2D eigenvalue weighted by Gasteiger charge is -2.35. The molecule has 2 nitrogen and oxygen atoms in total. The van der Waals surface area contributed by atoms with E-state index in [1.807, 2.05) is 0 Å². The van der Waals surface area contributed by atoms with Gasteiger partial charge in [-0.1, -0.05) is 57.8 Å². The Morgan fingerprint density at radius 3 is 1.84 bits per heavy atom. The van der Waals surface area contributed by atoms with Gasteiger partial charge in [-0.3, -0.25) is 0 Å². The maximum Gasteiger partial charge on any atom is 0.0583 e. The summed E-state index contributed by atoms with van der Waals surface area (Å²) >= 11 is 0. The van der Waals surface area contributed by atoms with Crippen molar-refractivity contribution in [3.63, 3.8) is 0 Å². The predicted molar refractivity (Wildman–Crippen MR) is 81.3 cm³/mol. The molecule has 112 valence electrons. The number of aliphatic hydroxyl groups is 1. The minimum absolute atomic E-state index is 0.0602. The highest BCUT2D eigenvalue weighted by molar-refractivity contribution is 4.84. The zero-order chi connectivity index (χ0) is 13.3. The number of piperidine rings is 1. The molecule has 3 atom stereocenters. The van der Waals surface area contributed by atoms with Gasteiger partial charge in [-0.15, -0.1) is 0 Å². The Morgan fingerprint density at radius 1 is 0.632 bits per heavy atom. The first-order valence-corrected chi connectivity index (χ1v) is 8.79. The summed E-state index contributed by atoms with van der Waals surface area (Å²) in [6.07, 6.45) is 17.0. The zero-order valence-electron chi connectivity index (χ0n) is 12.6. The lowest BCUT2D eigenvalue weighted by Crippen LogP contribution is -2.44. The third-order valence-electron chi connectivity index (χ3n) is 5.15.